The molecular weight excluding hydrogens is 262 g/mol. The number of ether oxygens (including phenoxy) is 2. The van der Waals surface area contributed by atoms with Crippen molar-refractivity contribution in [2.75, 3.05) is 13.7 Å². The normalized spacial score (nSPS) is 13.3. The molecule has 0 aromatic heterocycles. The number of benzene rings is 1. The van der Waals surface area contributed by atoms with Crippen LogP contribution < -0.4 is 10.1 Å². The van der Waals surface area contributed by atoms with E-state index in [-0.39, 0.29) is 6.54 Å². The topological polar surface area (TPSA) is 84.9 Å². The molecular formula is C14H19NO5. The van der Waals surface area contributed by atoms with Gasteiger partial charge in [-0.2, -0.15) is 0 Å². The van der Waals surface area contributed by atoms with Crippen LogP contribution in [0.1, 0.15) is 12.5 Å². The fourth-order valence-electron chi connectivity index (χ4n) is 1.48. The van der Waals surface area contributed by atoms with Gasteiger partial charge < -0.3 is 19.9 Å². The van der Waals surface area contributed by atoms with Gasteiger partial charge in [0.15, 0.2) is 12.2 Å². The van der Waals surface area contributed by atoms with Gasteiger partial charge in [-0.25, -0.2) is 4.79 Å². The summed E-state index contributed by atoms with van der Waals surface area (Å²) in [5.41, 5.74) is 1.10. The summed E-state index contributed by atoms with van der Waals surface area (Å²) in [4.78, 5) is 22.5. The van der Waals surface area contributed by atoms with Gasteiger partial charge in [0.25, 0.3) is 5.91 Å². The summed E-state index contributed by atoms with van der Waals surface area (Å²) in [7, 11) is 1.27. The second kappa shape index (κ2) is 7.49. The number of carboxylic acid groups (broad SMARTS) is 1. The Labute approximate surface area is 117 Å². The van der Waals surface area contributed by atoms with Crippen LogP contribution in [0.3, 0.4) is 0 Å². The Hall–Kier alpha value is -2.08. The smallest absolute Gasteiger partial charge is 0.334 e. The summed E-state index contributed by atoms with van der Waals surface area (Å²) < 4.78 is 10.2. The lowest BCUT2D eigenvalue weighted by Gasteiger charge is -2.16. The minimum atomic E-state index is -1.13. The molecule has 0 saturated heterocycles. The van der Waals surface area contributed by atoms with Crippen LogP contribution in [0.15, 0.2) is 24.3 Å². The monoisotopic (exact) mass is 281 g/mol. The quantitative estimate of drug-likeness (QED) is 0.778. The average Bonchev–Trinajstić information content (AvgIpc) is 2.41. The highest BCUT2D eigenvalue weighted by molar-refractivity contribution is 5.81. The molecule has 0 saturated carbocycles. The van der Waals surface area contributed by atoms with Crippen molar-refractivity contribution in [2.45, 2.75) is 26.1 Å². The van der Waals surface area contributed by atoms with Crippen molar-refractivity contribution >= 4 is 11.9 Å². The number of aliphatic carboxylic acids is 1. The largest absolute Gasteiger partial charge is 0.481 e. The summed E-state index contributed by atoms with van der Waals surface area (Å²) in [5, 5.41) is 11.3. The molecule has 0 aliphatic heterocycles. The molecule has 1 aromatic rings. The van der Waals surface area contributed by atoms with Crippen molar-refractivity contribution in [1.29, 1.82) is 0 Å². The first-order valence-electron chi connectivity index (χ1n) is 6.20. The zero-order valence-electron chi connectivity index (χ0n) is 11.8. The highest BCUT2D eigenvalue weighted by Gasteiger charge is 2.20. The van der Waals surface area contributed by atoms with Crippen molar-refractivity contribution in [3.05, 3.63) is 29.8 Å². The first-order chi connectivity index (χ1) is 9.43. The van der Waals surface area contributed by atoms with E-state index in [1.54, 1.807) is 19.1 Å². The molecule has 0 aliphatic carbocycles. The summed E-state index contributed by atoms with van der Waals surface area (Å²) in [5.74, 6) is -0.937. The molecule has 0 aliphatic rings. The van der Waals surface area contributed by atoms with E-state index in [1.165, 1.54) is 7.11 Å². The average molecular weight is 281 g/mol. The molecule has 2 N–H and O–H groups in total. The molecule has 0 heterocycles. The van der Waals surface area contributed by atoms with Crippen LogP contribution in [-0.2, 0) is 14.3 Å². The minimum Gasteiger partial charge on any atom is -0.481 e. The third-order valence-electron chi connectivity index (χ3n) is 2.72. The molecule has 20 heavy (non-hydrogen) atoms. The maximum atomic E-state index is 11.8. The first kappa shape index (κ1) is 16.0. The van der Waals surface area contributed by atoms with E-state index in [1.807, 2.05) is 19.1 Å². The Morgan fingerprint density at radius 1 is 1.30 bits per heavy atom. The van der Waals surface area contributed by atoms with Crippen LogP contribution in [-0.4, -0.2) is 42.8 Å². The second-order valence-electron chi connectivity index (χ2n) is 4.38. The zero-order chi connectivity index (χ0) is 15.1. The summed E-state index contributed by atoms with van der Waals surface area (Å²) >= 11 is 0. The number of carbonyl (C=O) groups excluding carboxylic acids is 1. The van der Waals surface area contributed by atoms with Crippen molar-refractivity contribution in [2.24, 2.45) is 0 Å². The Balaban J connectivity index is 2.46. The highest BCUT2D eigenvalue weighted by Crippen LogP contribution is 2.13. The molecule has 6 nitrogen and oxygen atoms in total. The highest BCUT2D eigenvalue weighted by atomic mass is 16.5. The number of rotatable bonds is 7. The van der Waals surface area contributed by atoms with Gasteiger partial charge in [-0.3, -0.25) is 4.79 Å². The number of nitrogens with one attached hydrogen (secondary N) is 1. The Morgan fingerprint density at radius 2 is 1.90 bits per heavy atom. The molecule has 0 bridgehead atoms. The molecule has 110 valence electrons. The predicted octanol–water partition coefficient (Wildman–Crippen LogP) is 0.978. The third kappa shape index (κ3) is 4.89. The molecule has 2 unspecified atom stereocenters. The summed E-state index contributed by atoms with van der Waals surface area (Å²) in [6, 6.07) is 7.30. The maximum Gasteiger partial charge on any atom is 0.334 e. The lowest BCUT2D eigenvalue weighted by atomic mass is 10.2. The van der Waals surface area contributed by atoms with E-state index < -0.39 is 24.1 Å². The molecule has 6 heteroatoms. The minimum absolute atomic E-state index is 0.105. The fourth-order valence-corrected chi connectivity index (χ4v) is 1.48. The Kier molecular flexibility index (Phi) is 5.99. The molecule has 0 fully saturated rings. The summed E-state index contributed by atoms with van der Waals surface area (Å²) in [6.07, 6.45) is -1.78. The predicted molar refractivity (Wildman–Crippen MR) is 72.7 cm³/mol. The SMILES string of the molecule is COC(CNC(=O)C(C)Oc1ccc(C)cc1)C(=O)O. The van der Waals surface area contributed by atoms with Crippen LogP contribution in [0.5, 0.6) is 5.75 Å². The van der Waals surface area contributed by atoms with Crippen LogP contribution >= 0.6 is 0 Å². The second-order valence-corrected chi connectivity index (χ2v) is 4.38. The maximum absolute atomic E-state index is 11.8. The van der Waals surface area contributed by atoms with Crippen LogP contribution in [0.2, 0.25) is 0 Å². The molecule has 1 amide bonds. The van der Waals surface area contributed by atoms with Crippen LogP contribution in [0, 0.1) is 6.92 Å². The van der Waals surface area contributed by atoms with Gasteiger partial charge in [0, 0.05) is 7.11 Å². The van der Waals surface area contributed by atoms with Crippen molar-refractivity contribution in [3.63, 3.8) is 0 Å². The van der Waals surface area contributed by atoms with Crippen LogP contribution in [0.4, 0.5) is 0 Å². The van der Waals surface area contributed by atoms with Gasteiger partial charge in [-0.05, 0) is 26.0 Å². The molecule has 2 atom stereocenters. The third-order valence-corrected chi connectivity index (χ3v) is 2.72. The molecule has 1 rings (SSSR count). The van der Waals surface area contributed by atoms with E-state index >= 15 is 0 Å². The lowest BCUT2D eigenvalue weighted by Crippen LogP contribution is -2.43. The summed E-state index contributed by atoms with van der Waals surface area (Å²) in [6.45, 7) is 3.45. The van der Waals surface area contributed by atoms with E-state index in [4.69, 9.17) is 14.6 Å². The van der Waals surface area contributed by atoms with Gasteiger partial charge in [0.2, 0.25) is 0 Å². The number of amides is 1. The number of hydrogen-bond acceptors (Lipinski definition) is 4. The van der Waals surface area contributed by atoms with E-state index in [2.05, 4.69) is 5.32 Å². The number of methoxy groups -OCH3 is 1. The van der Waals surface area contributed by atoms with E-state index in [9.17, 15) is 9.59 Å². The molecule has 1 aromatic carbocycles. The van der Waals surface area contributed by atoms with E-state index in [0.717, 1.165) is 5.56 Å². The van der Waals surface area contributed by atoms with Gasteiger partial charge in [0.05, 0.1) is 6.54 Å². The number of hydrogen-bond donors (Lipinski definition) is 2. The first-order valence-corrected chi connectivity index (χ1v) is 6.20. The fraction of sp³-hybridized carbons (Fsp3) is 0.429. The lowest BCUT2D eigenvalue weighted by molar-refractivity contribution is -0.148. The standard InChI is InChI=1S/C14H19NO5/c1-9-4-6-11(7-5-9)20-10(2)13(16)15-8-12(19-3)14(17)18/h4-7,10,12H,8H2,1-3H3,(H,15,16)(H,17,18). The Morgan fingerprint density at radius 3 is 2.40 bits per heavy atom. The Bertz CT molecular complexity index is 457. The van der Waals surface area contributed by atoms with Gasteiger partial charge in [-0.1, -0.05) is 17.7 Å². The number of aryl methyl sites for hydroxylation is 1. The van der Waals surface area contributed by atoms with Crippen molar-refractivity contribution < 1.29 is 24.2 Å². The number of carbonyl (C=O) groups is 2. The van der Waals surface area contributed by atoms with E-state index in [0.29, 0.717) is 5.75 Å². The van der Waals surface area contributed by atoms with Crippen molar-refractivity contribution in [1.82, 2.24) is 5.32 Å². The zero-order valence-corrected chi connectivity index (χ0v) is 11.8. The number of carboxylic acids is 1. The van der Waals surface area contributed by atoms with Crippen LogP contribution in [0.25, 0.3) is 0 Å². The van der Waals surface area contributed by atoms with Gasteiger partial charge >= 0.3 is 5.97 Å². The molecule has 0 radical (unpaired) electrons. The van der Waals surface area contributed by atoms with Gasteiger partial charge in [-0.15, -0.1) is 0 Å². The molecule has 0 spiro atoms. The van der Waals surface area contributed by atoms with Gasteiger partial charge in [0.1, 0.15) is 5.75 Å². The van der Waals surface area contributed by atoms with Crippen molar-refractivity contribution in [3.8, 4) is 5.75 Å².